The molecule has 0 fully saturated rings. The van der Waals surface area contributed by atoms with Gasteiger partial charge < -0.3 is 9.47 Å². The van der Waals surface area contributed by atoms with Crippen LogP contribution in [0, 0.1) is 0 Å². The lowest BCUT2D eigenvalue weighted by molar-refractivity contribution is 0.386. The molecule has 1 aromatic rings. The maximum absolute atomic E-state index is 11.9. The highest BCUT2D eigenvalue weighted by molar-refractivity contribution is 7.89. The third-order valence-electron chi connectivity index (χ3n) is 2.05. The topological polar surface area (TPSA) is 64.6 Å². The molecule has 1 N–H and O–H groups in total. The van der Waals surface area contributed by atoms with Crippen molar-refractivity contribution in [2.24, 2.45) is 0 Å². The summed E-state index contributed by atoms with van der Waals surface area (Å²) in [5.74, 6) is 0.960. The second-order valence-corrected chi connectivity index (χ2v) is 5.22. The molecule has 96 valence electrons. The molecule has 1 rings (SSSR count). The number of halogens is 1. The molecule has 0 aliphatic carbocycles. The maximum atomic E-state index is 11.9. The molecule has 0 saturated heterocycles. The quantitative estimate of drug-likeness (QED) is 0.795. The maximum Gasteiger partial charge on any atom is 0.244 e. The predicted molar refractivity (Wildman–Crippen MR) is 65.5 cm³/mol. The van der Waals surface area contributed by atoms with E-state index in [0.29, 0.717) is 5.75 Å². The van der Waals surface area contributed by atoms with Crippen LogP contribution in [0.5, 0.6) is 11.5 Å². The molecule has 0 bridgehead atoms. The van der Waals surface area contributed by atoms with E-state index < -0.39 is 10.0 Å². The Morgan fingerprint density at radius 2 is 2.00 bits per heavy atom. The monoisotopic (exact) mass is 279 g/mol. The van der Waals surface area contributed by atoms with Gasteiger partial charge in [-0.05, 0) is 12.1 Å². The fourth-order valence-corrected chi connectivity index (χ4v) is 2.63. The molecule has 0 radical (unpaired) electrons. The van der Waals surface area contributed by atoms with Crippen LogP contribution in [0.2, 0.25) is 0 Å². The number of hydrogen-bond acceptors (Lipinski definition) is 4. The standard InChI is InChI=1S/C10H14ClNO4S/c1-15-8-3-4-10(9(7-8)16-2)17(13,14)12-6-5-11/h3-4,7,12H,5-6H2,1-2H3. The zero-order valence-electron chi connectivity index (χ0n) is 9.57. The smallest absolute Gasteiger partial charge is 0.244 e. The highest BCUT2D eigenvalue weighted by Gasteiger charge is 2.19. The number of methoxy groups -OCH3 is 2. The lowest BCUT2D eigenvalue weighted by Crippen LogP contribution is -2.26. The predicted octanol–water partition coefficient (Wildman–Crippen LogP) is 1.22. The minimum Gasteiger partial charge on any atom is -0.497 e. The average molecular weight is 280 g/mol. The van der Waals surface area contributed by atoms with E-state index in [1.807, 2.05) is 0 Å². The Morgan fingerprint density at radius 1 is 1.29 bits per heavy atom. The number of ether oxygens (including phenoxy) is 2. The first-order chi connectivity index (χ1) is 8.05. The van der Waals surface area contributed by atoms with Gasteiger partial charge in [0.2, 0.25) is 10.0 Å². The van der Waals surface area contributed by atoms with E-state index >= 15 is 0 Å². The molecule has 0 amide bonds. The minimum absolute atomic E-state index is 0.0610. The van der Waals surface area contributed by atoms with Gasteiger partial charge in [-0.25, -0.2) is 13.1 Å². The molecule has 5 nitrogen and oxygen atoms in total. The summed E-state index contributed by atoms with van der Waals surface area (Å²) in [6.07, 6.45) is 0. The van der Waals surface area contributed by atoms with E-state index in [2.05, 4.69) is 4.72 Å². The normalized spacial score (nSPS) is 11.2. The van der Waals surface area contributed by atoms with E-state index in [1.54, 1.807) is 6.07 Å². The van der Waals surface area contributed by atoms with Gasteiger partial charge in [-0.2, -0.15) is 0 Å². The number of benzene rings is 1. The molecular formula is C10H14ClNO4S. The third kappa shape index (κ3) is 3.49. The SMILES string of the molecule is COc1ccc(S(=O)(=O)NCCCl)c(OC)c1. The first-order valence-corrected chi connectivity index (χ1v) is 6.84. The third-order valence-corrected chi connectivity index (χ3v) is 3.74. The molecule has 0 heterocycles. The summed E-state index contributed by atoms with van der Waals surface area (Å²) in [7, 11) is -0.712. The molecule has 0 spiro atoms. The Kier molecular flexibility index (Phi) is 5.04. The van der Waals surface area contributed by atoms with Gasteiger partial charge in [-0.15, -0.1) is 11.6 Å². The van der Waals surface area contributed by atoms with Crippen molar-refractivity contribution in [3.8, 4) is 11.5 Å². The minimum atomic E-state index is -3.61. The molecule has 7 heteroatoms. The lowest BCUT2D eigenvalue weighted by atomic mass is 10.3. The highest BCUT2D eigenvalue weighted by atomic mass is 35.5. The van der Waals surface area contributed by atoms with Crippen LogP contribution < -0.4 is 14.2 Å². The molecule has 0 aromatic heterocycles. The van der Waals surface area contributed by atoms with Crippen LogP contribution in [0.3, 0.4) is 0 Å². The Bertz CT molecular complexity index is 475. The molecular weight excluding hydrogens is 266 g/mol. The Hall–Kier alpha value is -0.980. The summed E-state index contributed by atoms with van der Waals surface area (Å²) in [6, 6.07) is 4.49. The van der Waals surface area contributed by atoms with Crippen LogP contribution >= 0.6 is 11.6 Å². The number of sulfonamides is 1. The Labute approximate surface area is 106 Å². The highest BCUT2D eigenvalue weighted by Crippen LogP contribution is 2.27. The molecule has 0 aliphatic heterocycles. The summed E-state index contributed by atoms with van der Waals surface area (Å²) in [5.41, 5.74) is 0. The van der Waals surface area contributed by atoms with E-state index in [-0.39, 0.29) is 23.1 Å². The Morgan fingerprint density at radius 3 is 2.53 bits per heavy atom. The van der Waals surface area contributed by atoms with Crippen molar-refractivity contribution in [2.75, 3.05) is 26.6 Å². The summed E-state index contributed by atoms with van der Waals surface area (Å²) >= 11 is 5.44. The fourth-order valence-electron chi connectivity index (χ4n) is 1.25. The van der Waals surface area contributed by atoms with Crippen molar-refractivity contribution in [3.63, 3.8) is 0 Å². The molecule has 0 atom stereocenters. The summed E-state index contributed by atoms with van der Waals surface area (Å²) in [6.45, 7) is 0.166. The van der Waals surface area contributed by atoms with Crippen molar-refractivity contribution in [2.45, 2.75) is 4.90 Å². The van der Waals surface area contributed by atoms with Gasteiger partial charge in [0.1, 0.15) is 16.4 Å². The first kappa shape index (κ1) is 14.1. The number of alkyl halides is 1. The van der Waals surface area contributed by atoms with Crippen molar-refractivity contribution < 1.29 is 17.9 Å². The second kappa shape index (κ2) is 6.09. The van der Waals surface area contributed by atoms with E-state index in [1.165, 1.54) is 26.4 Å². The molecule has 17 heavy (non-hydrogen) atoms. The average Bonchev–Trinajstić information content (AvgIpc) is 2.35. The van der Waals surface area contributed by atoms with Crippen LogP contribution in [0.25, 0.3) is 0 Å². The van der Waals surface area contributed by atoms with Crippen molar-refractivity contribution in [3.05, 3.63) is 18.2 Å². The summed E-state index contributed by atoms with van der Waals surface area (Å²) < 4.78 is 36.1. The summed E-state index contributed by atoms with van der Waals surface area (Å²) in [4.78, 5) is 0.0610. The van der Waals surface area contributed by atoms with Crippen LogP contribution in [0.4, 0.5) is 0 Å². The van der Waals surface area contributed by atoms with Crippen LogP contribution in [-0.4, -0.2) is 35.1 Å². The van der Waals surface area contributed by atoms with Gasteiger partial charge in [0.25, 0.3) is 0 Å². The van der Waals surface area contributed by atoms with Crippen LogP contribution in [0.1, 0.15) is 0 Å². The van der Waals surface area contributed by atoms with E-state index in [4.69, 9.17) is 21.1 Å². The van der Waals surface area contributed by atoms with Gasteiger partial charge >= 0.3 is 0 Å². The van der Waals surface area contributed by atoms with Crippen molar-refractivity contribution in [1.29, 1.82) is 0 Å². The van der Waals surface area contributed by atoms with Gasteiger partial charge in [0.05, 0.1) is 14.2 Å². The zero-order chi connectivity index (χ0) is 12.9. The van der Waals surface area contributed by atoms with E-state index in [9.17, 15) is 8.42 Å². The number of hydrogen-bond donors (Lipinski definition) is 1. The van der Waals surface area contributed by atoms with E-state index in [0.717, 1.165) is 0 Å². The van der Waals surface area contributed by atoms with Gasteiger partial charge in [0.15, 0.2) is 0 Å². The number of rotatable bonds is 6. The van der Waals surface area contributed by atoms with Crippen molar-refractivity contribution in [1.82, 2.24) is 4.72 Å². The van der Waals surface area contributed by atoms with Gasteiger partial charge in [0, 0.05) is 18.5 Å². The molecule has 0 unspecified atom stereocenters. The van der Waals surface area contributed by atoms with Crippen LogP contribution in [-0.2, 0) is 10.0 Å². The first-order valence-electron chi connectivity index (χ1n) is 4.83. The van der Waals surface area contributed by atoms with Crippen molar-refractivity contribution >= 4 is 21.6 Å². The van der Waals surface area contributed by atoms with Crippen LogP contribution in [0.15, 0.2) is 23.1 Å². The number of nitrogens with one attached hydrogen (secondary N) is 1. The lowest BCUT2D eigenvalue weighted by Gasteiger charge is -2.11. The molecule has 0 saturated carbocycles. The zero-order valence-corrected chi connectivity index (χ0v) is 11.1. The summed E-state index contributed by atoms with van der Waals surface area (Å²) in [5, 5.41) is 0. The molecule has 1 aromatic carbocycles. The second-order valence-electron chi connectivity index (χ2n) is 3.10. The Balaban J connectivity index is 3.12. The fraction of sp³-hybridized carbons (Fsp3) is 0.400. The van der Waals surface area contributed by atoms with Gasteiger partial charge in [-0.1, -0.05) is 0 Å². The van der Waals surface area contributed by atoms with Gasteiger partial charge in [-0.3, -0.25) is 0 Å². The largest absolute Gasteiger partial charge is 0.497 e. The molecule has 0 aliphatic rings.